The van der Waals surface area contributed by atoms with E-state index in [9.17, 15) is 14.0 Å². The number of carboxylic acids is 1. The van der Waals surface area contributed by atoms with E-state index in [0.717, 1.165) is 25.3 Å². The number of hydrogen-bond donors (Lipinski definition) is 2. The van der Waals surface area contributed by atoms with E-state index in [1.807, 2.05) is 0 Å². The fourth-order valence-corrected chi connectivity index (χ4v) is 1.71. The second-order valence-corrected chi connectivity index (χ2v) is 4.31. The van der Waals surface area contributed by atoms with Crippen LogP contribution in [0, 0.1) is 5.82 Å². The highest BCUT2D eigenvalue weighted by atomic mass is 19.1. The molecular formula is C14H18FNO4. The molecular weight excluding hydrogens is 265 g/mol. The minimum atomic E-state index is -1.29. The van der Waals surface area contributed by atoms with Crippen LogP contribution in [0.25, 0.3) is 0 Å². The summed E-state index contributed by atoms with van der Waals surface area (Å²) in [6.45, 7) is 0.631. The van der Waals surface area contributed by atoms with Gasteiger partial charge in [-0.1, -0.05) is 6.42 Å². The lowest BCUT2D eigenvalue weighted by molar-refractivity contribution is -0.140. The summed E-state index contributed by atoms with van der Waals surface area (Å²) in [6, 6.07) is 3.89. The van der Waals surface area contributed by atoms with Gasteiger partial charge in [0.25, 0.3) is 0 Å². The second-order valence-electron chi connectivity index (χ2n) is 4.31. The van der Waals surface area contributed by atoms with Gasteiger partial charge >= 0.3 is 11.9 Å². The lowest BCUT2D eigenvalue weighted by Gasteiger charge is -2.07. The first-order valence-corrected chi connectivity index (χ1v) is 6.38. The van der Waals surface area contributed by atoms with Crippen molar-refractivity contribution in [1.82, 2.24) is 0 Å². The van der Waals surface area contributed by atoms with Crippen LogP contribution in [0.3, 0.4) is 0 Å². The highest BCUT2D eigenvalue weighted by Crippen LogP contribution is 2.15. The molecule has 1 aromatic carbocycles. The normalized spacial score (nSPS) is 10.1. The lowest BCUT2D eigenvalue weighted by Crippen LogP contribution is -2.06. The summed E-state index contributed by atoms with van der Waals surface area (Å²) in [5.74, 6) is -2.26. The van der Waals surface area contributed by atoms with Crippen molar-refractivity contribution < 1.29 is 23.8 Å². The summed E-state index contributed by atoms with van der Waals surface area (Å²) in [5, 5.41) is 11.8. The minimum Gasteiger partial charge on any atom is -0.478 e. The number of nitrogens with one attached hydrogen (secondary N) is 1. The number of hydrogen-bond acceptors (Lipinski definition) is 4. The molecule has 0 fully saturated rings. The molecule has 0 unspecified atom stereocenters. The van der Waals surface area contributed by atoms with E-state index in [1.54, 1.807) is 0 Å². The van der Waals surface area contributed by atoms with Crippen molar-refractivity contribution in [3.63, 3.8) is 0 Å². The summed E-state index contributed by atoms with van der Waals surface area (Å²) >= 11 is 0. The number of esters is 1. The van der Waals surface area contributed by atoms with Gasteiger partial charge in [0.05, 0.1) is 12.7 Å². The van der Waals surface area contributed by atoms with Gasteiger partial charge in [0, 0.05) is 18.7 Å². The number of benzene rings is 1. The molecule has 110 valence electrons. The number of anilines is 1. The Labute approximate surface area is 116 Å². The average Bonchev–Trinajstić information content (AvgIpc) is 2.43. The van der Waals surface area contributed by atoms with Crippen LogP contribution in [0.15, 0.2) is 18.2 Å². The Hall–Kier alpha value is -2.11. The Morgan fingerprint density at radius 1 is 1.30 bits per heavy atom. The monoisotopic (exact) mass is 283 g/mol. The molecule has 0 atom stereocenters. The van der Waals surface area contributed by atoms with Gasteiger partial charge < -0.3 is 15.2 Å². The first-order chi connectivity index (χ1) is 9.54. The van der Waals surface area contributed by atoms with E-state index >= 15 is 0 Å². The van der Waals surface area contributed by atoms with E-state index in [0.29, 0.717) is 18.7 Å². The van der Waals surface area contributed by atoms with Gasteiger partial charge in [0.2, 0.25) is 0 Å². The number of carbonyl (C=O) groups excluding carboxylic acids is 1. The molecule has 0 aliphatic heterocycles. The number of carbonyl (C=O) groups is 2. The van der Waals surface area contributed by atoms with Crippen LogP contribution >= 0.6 is 0 Å². The third-order valence-corrected chi connectivity index (χ3v) is 2.81. The van der Waals surface area contributed by atoms with Crippen molar-refractivity contribution in [2.75, 3.05) is 19.0 Å². The van der Waals surface area contributed by atoms with Crippen LogP contribution in [0.5, 0.6) is 0 Å². The standard InChI is InChI=1S/C14H18FNO4/c1-20-13(17)5-3-2-4-8-16-10-6-7-12(15)11(9-10)14(18)19/h6-7,9,16H,2-5,8H2,1H3,(H,18,19). The number of carboxylic acid groups (broad SMARTS) is 1. The van der Waals surface area contributed by atoms with Gasteiger partial charge in [-0.15, -0.1) is 0 Å². The van der Waals surface area contributed by atoms with E-state index in [-0.39, 0.29) is 11.5 Å². The Bertz CT molecular complexity index is 476. The predicted octanol–water partition coefficient (Wildman–Crippen LogP) is 2.67. The first kappa shape index (κ1) is 15.9. The van der Waals surface area contributed by atoms with Gasteiger partial charge in [0.15, 0.2) is 0 Å². The summed E-state index contributed by atoms with van der Waals surface area (Å²) in [5.41, 5.74) is 0.220. The lowest BCUT2D eigenvalue weighted by atomic mass is 10.1. The molecule has 0 amide bonds. The molecule has 0 aromatic heterocycles. The Kier molecular flexibility index (Phi) is 6.49. The molecule has 0 heterocycles. The number of unbranched alkanes of at least 4 members (excludes halogenated alkanes) is 2. The molecule has 0 radical (unpaired) electrons. The molecule has 1 rings (SSSR count). The van der Waals surface area contributed by atoms with Crippen LogP contribution in [0.4, 0.5) is 10.1 Å². The number of methoxy groups -OCH3 is 1. The third kappa shape index (κ3) is 5.26. The van der Waals surface area contributed by atoms with Crippen molar-refractivity contribution in [2.45, 2.75) is 25.7 Å². The number of halogens is 1. The molecule has 0 aliphatic carbocycles. The van der Waals surface area contributed by atoms with Gasteiger partial charge in [-0.3, -0.25) is 4.79 Å². The van der Waals surface area contributed by atoms with Gasteiger partial charge in [0.1, 0.15) is 5.82 Å². The fourth-order valence-electron chi connectivity index (χ4n) is 1.71. The van der Waals surface area contributed by atoms with Crippen LogP contribution in [0.2, 0.25) is 0 Å². The summed E-state index contributed by atoms with van der Waals surface area (Å²) in [6.07, 6.45) is 2.83. The largest absolute Gasteiger partial charge is 0.478 e. The topological polar surface area (TPSA) is 75.6 Å². The van der Waals surface area contributed by atoms with Crippen LogP contribution in [0.1, 0.15) is 36.0 Å². The second kappa shape index (κ2) is 8.14. The quantitative estimate of drug-likeness (QED) is 0.566. The zero-order chi connectivity index (χ0) is 15.0. The third-order valence-electron chi connectivity index (χ3n) is 2.81. The van der Waals surface area contributed by atoms with E-state index in [4.69, 9.17) is 5.11 Å². The number of ether oxygens (including phenoxy) is 1. The van der Waals surface area contributed by atoms with E-state index in [2.05, 4.69) is 10.1 Å². The van der Waals surface area contributed by atoms with Gasteiger partial charge in [-0.25, -0.2) is 9.18 Å². The molecule has 0 saturated heterocycles. The zero-order valence-electron chi connectivity index (χ0n) is 11.3. The van der Waals surface area contributed by atoms with Gasteiger partial charge in [-0.05, 0) is 31.0 Å². The molecule has 0 spiro atoms. The molecule has 0 aliphatic rings. The van der Waals surface area contributed by atoms with Crippen LogP contribution < -0.4 is 5.32 Å². The summed E-state index contributed by atoms with van der Waals surface area (Å²) in [4.78, 5) is 21.6. The van der Waals surface area contributed by atoms with Crippen molar-refractivity contribution in [1.29, 1.82) is 0 Å². The average molecular weight is 283 g/mol. The first-order valence-electron chi connectivity index (χ1n) is 6.38. The minimum absolute atomic E-state index is 0.220. The highest BCUT2D eigenvalue weighted by Gasteiger charge is 2.10. The molecule has 0 bridgehead atoms. The predicted molar refractivity (Wildman–Crippen MR) is 72.3 cm³/mol. The Morgan fingerprint density at radius 3 is 2.70 bits per heavy atom. The smallest absolute Gasteiger partial charge is 0.338 e. The maximum Gasteiger partial charge on any atom is 0.338 e. The van der Waals surface area contributed by atoms with E-state index in [1.165, 1.54) is 19.2 Å². The number of aromatic carboxylic acids is 1. The highest BCUT2D eigenvalue weighted by molar-refractivity contribution is 5.89. The van der Waals surface area contributed by atoms with Crippen LogP contribution in [-0.2, 0) is 9.53 Å². The molecule has 20 heavy (non-hydrogen) atoms. The van der Waals surface area contributed by atoms with Crippen molar-refractivity contribution >= 4 is 17.6 Å². The maximum atomic E-state index is 13.2. The van der Waals surface area contributed by atoms with Crippen molar-refractivity contribution in [3.8, 4) is 0 Å². The molecule has 6 heteroatoms. The summed E-state index contributed by atoms with van der Waals surface area (Å²) < 4.78 is 17.7. The summed E-state index contributed by atoms with van der Waals surface area (Å²) in [7, 11) is 1.36. The SMILES string of the molecule is COC(=O)CCCCCNc1ccc(F)c(C(=O)O)c1. The molecule has 2 N–H and O–H groups in total. The van der Waals surface area contributed by atoms with Gasteiger partial charge in [-0.2, -0.15) is 0 Å². The number of rotatable bonds is 8. The Balaban J connectivity index is 2.30. The fraction of sp³-hybridized carbons (Fsp3) is 0.429. The molecule has 0 saturated carbocycles. The maximum absolute atomic E-state index is 13.2. The zero-order valence-corrected chi connectivity index (χ0v) is 11.3. The molecule has 1 aromatic rings. The van der Waals surface area contributed by atoms with E-state index < -0.39 is 11.8 Å². The van der Waals surface area contributed by atoms with Crippen LogP contribution in [-0.4, -0.2) is 30.7 Å². The van der Waals surface area contributed by atoms with Crippen molar-refractivity contribution in [2.24, 2.45) is 0 Å². The Morgan fingerprint density at radius 2 is 2.05 bits per heavy atom. The molecule has 5 nitrogen and oxygen atoms in total. The van der Waals surface area contributed by atoms with Crippen molar-refractivity contribution in [3.05, 3.63) is 29.6 Å².